The molecule has 0 aromatic heterocycles. The highest BCUT2D eigenvalue weighted by molar-refractivity contribution is 6.76. The minimum Gasteiger partial charge on any atom is -0.303 e. The monoisotopic (exact) mass is 236 g/mol. The highest BCUT2D eigenvalue weighted by atomic mass is 28.3. The average Bonchev–Trinajstić information content (AvgIpc) is 2.18. The fourth-order valence-corrected chi connectivity index (χ4v) is 1.85. The number of rotatable bonds is 6. The van der Waals surface area contributed by atoms with Crippen LogP contribution in [0, 0.1) is 11.8 Å². The smallest absolute Gasteiger partial charge is 0.120 e. The molecule has 0 aliphatic rings. The number of aldehydes is 1. The highest BCUT2D eigenvalue weighted by Crippen LogP contribution is 2.07. The summed E-state index contributed by atoms with van der Waals surface area (Å²) in [6.07, 6.45) is 6.68. The van der Waals surface area contributed by atoms with Crippen molar-refractivity contribution in [3.8, 4) is 11.8 Å². The maximum atomic E-state index is 10.2. The van der Waals surface area contributed by atoms with Crippen molar-refractivity contribution in [1.82, 2.24) is 0 Å². The Labute approximate surface area is 101 Å². The average molecular weight is 236 g/mol. The molecule has 0 bridgehead atoms. The molecule has 2 heteroatoms. The maximum absolute atomic E-state index is 10.2. The molecule has 0 amide bonds. The number of hydrogen-bond acceptors (Lipinski definition) is 1. The summed E-state index contributed by atoms with van der Waals surface area (Å²) < 4.78 is 0. The SMILES string of the molecule is C/C(=C\CCC#CC[Si](C)(C)C)CCC=O. The summed E-state index contributed by atoms with van der Waals surface area (Å²) >= 11 is 0. The quantitative estimate of drug-likeness (QED) is 0.224. The first kappa shape index (κ1) is 15.2. The minimum atomic E-state index is -0.985. The molecule has 16 heavy (non-hydrogen) atoms. The van der Waals surface area contributed by atoms with Crippen LogP contribution >= 0.6 is 0 Å². The molecule has 0 unspecified atom stereocenters. The van der Waals surface area contributed by atoms with E-state index in [1.807, 2.05) is 0 Å². The Kier molecular flexibility index (Phi) is 7.93. The molecule has 0 saturated heterocycles. The van der Waals surface area contributed by atoms with Crippen LogP contribution in [-0.4, -0.2) is 14.4 Å². The molecule has 0 aliphatic carbocycles. The van der Waals surface area contributed by atoms with Crippen LogP contribution in [0.2, 0.25) is 25.7 Å². The van der Waals surface area contributed by atoms with Crippen molar-refractivity contribution in [2.24, 2.45) is 0 Å². The second-order valence-corrected chi connectivity index (χ2v) is 10.9. The van der Waals surface area contributed by atoms with E-state index in [0.717, 1.165) is 31.6 Å². The highest BCUT2D eigenvalue weighted by Gasteiger charge is 2.09. The first-order chi connectivity index (χ1) is 7.45. The Morgan fingerprint density at radius 1 is 1.19 bits per heavy atom. The Hall–Kier alpha value is -0.813. The largest absolute Gasteiger partial charge is 0.303 e. The predicted molar refractivity (Wildman–Crippen MR) is 74.2 cm³/mol. The van der Waals surface area contributed by atoms with Crippen LogP contribution in [0.15, 0.2) is 11.6 Å². The number of carbonyl (C=O) groups is 1. The standard InChI is InChI=1S/C14H24OSi/c1-14(11-9-12-15)10-7-5-6-8-13-16(2,3)4/h10,12H,5,7,9,11,13H2,1-4H3/b14-10+. The van der Waals surface area contributed by atoms with E-state index in [9.17, 15) is 4.79 Å². The normalized spacial score (nSPS) is 11.9. The predicted octanol–water partition coefficient (Wildman–Crippen LogP) is 4.03. The van der Waals surface area contributed by atoms with Gasteiger partial charge >= 0.3 is 0 Å². The summed E-state index contributed by atoms with van der Waals surface area (Å²) in [7, 11) is -0.985. The van der Waals surface area contributed by atoms with E-state index >= 15 is 0 Å². The van der Waals surface area contributed by atoms with Gasteiger partial charge in [-0.1, -0.05) is 31.3 Å². The van der Waals surface area contributed by atoms with Crippen LogP contribution in [-0.2, 0) is 4.79 Å². The van der Waals surface area contributed by atoms with Crippen LogP contribution < -0.4 is 0 Å². The van der Waals surface area contributed by atoms with Crippen molar-refractivity contribution in [3.63, 3.8) is 0 Å². The van der Waals surface area contributed by atoms with E-state index < -0.39 is 8.07 Å². The van der Waals surface area contributed by atoms with E-state index in [1.165, 1.54) is 5.57 Å². The van der Waals surface area contributed by atoms with E-state index in [-0.39, 0.29) is 0 Å². The van der Waals surface area contributed by atoms with Crippen LogP contribution in [0.1, 0.15) is 32.6 Å². The lowest BCUT2D eigenvalue weighted by Crippen LogP contribution is -2.17. The molecule has 90 valence electrons. The zero-order chi connectivity index (χ0) is 12.4. The van der Waals surface area contributed by atoms with Gasteiger partial charge < -0.3 is 4.79 Å². The lowest BCUT2D eigenvalue weighted by molar-refractivity contribution is -0.107. The molecule has 0 atom stereocenters. The van der Waals surface area contributed by atoms with Crippen molar-refractivity contribution in [3.05, 3.63) is 11.6 Å². The summed E-state index contributed by atoms with van der Waals surface area (Å²) in [5.74, 6) is 6.49. The number of unbranched alkanes of at least 4 members (excludes halogenated alkanes) is 1. The summed E-state index contributed by atoms with van der Waals surface area (Å²) in [5, 5.41) is 0. The molecule has 1 nitrogen and oxygen atoms in total. The van der Waals surface area contributed by atoms with E-state index in [0.29, 0.717) is 6.42 Å². The summed E-state index contributed by atoms with van der Waals surface area (Å²) in [4.78, 5) is 10.2. The molecule has 0 N–H and O–H groups in total. The van der Waals surface area contributed by atoms with Gasteiger partial charge in [0.25, 0.3) is 0 Å². The van der Waals surface area contributed by atoms with Crippen molar-refractivity contribution >= 4 is 14.4 Å². The Morgan fingerprint density at radius 2 is 1.88 bits per heavy atom. The van der Waals surface area contributed by atoms with E-state index in [2.05, 4.69) is 44.5 Å². The van der Waals surface area contributed by atoms with Gasteiger partial charge in [-0.05, 0) is 19.8 Å². The fourth-order valence-electron chi connectivity index (χ4n) is 1.20. The molecule has 0 rings (SSSR count). The lowest BCUT2D eigenvalue weighted by Gasteiger charge is -2.09. The Balaban J connectivity index is 3.70. The van der Waals surface area contributed by atoms with Gasteiger partial charge in [-0.2, -0.15) is 0 Å². The zero-order valence-electron chi connectivity index (χ0n) is 11.1. The third-order valence-corrected chi connectivity index (χ3v) is 3.40. The first-order valence-electron chi connectivity index (χ1n) is 6.01. The van der Waals surface area contributed by atoms with Gasteiger partial charge in [-0.15, -0.1) is 11.8 Å². The molecule has 0 heterocycles. The molecule has 0 radical (unpaired) electrons. The molecular weight excluding hydrogens is 212 g/mol. The Morgan fingerprint density at radius 3 is 2.44 bits per heavy atom. The topological polar surface area (TPSA) is 17.1 Å². The van der Waals surface area contributed by atoms with Gasteiger partial charge in [0, 0.05) is 18.9 Å². The molecule has 0 aromatic rings. The van der Waals surface area contributed by atoms with Crippen molar-refractivity contribution < 1.29 is 4.79 Å². The van der Waals surface area contributed by atoms with Crippen molar-refractivity contribution in [2.45, 2.75) is 58.3 Å². The van der Waals surface area contributed by atoms with Crippen LogP contribution in [0.4, 0.5) is 0 Å². The third-order valence-electron chi connectivity index (χ3n) is 2.16. The fraction of sp³-hybridized carbons (Fsp3) is 0.643. The number of allylic oxidation sites excluding steroid dienone is 2. The molecule has 0 fully saturated rings. The third kappa shape index (κ3) is 11.3. The van der Waals surface area contributed by atoms with Crippen molar-refractivity contribution in [1.29, 1.82) is 0 Å². The second-order valence-electron chi connectivity index (χ2n) is 5.39. The Bertz CT molecular complexity index is 286. The molecule has 0 aliphatic heterocycles. The molecule has 0 spiro atoms. The van der Waals surface area contributed by atoms with Gasteiger partial charge in [-0.3, -0.25) is 0 Å². The van der Waals surface area contributed by atoms with Crippen molar-refractivity contribution in [2.75, 3.05) is 0 Å². The second kappa shape index (κ2) is 8.35. The summed E-state index contributed by atoms with van der Waals surface area (Å²) in [6, 6.07) is 1.10. The van der Waals surface area contributed by atoms with Gasteiger partial charge in [0.15, 0.2) is 0 Å². The number of carbonyl (C=O) groups excluding carboxylic acids is 1. The van der Waals surface area contributed by atoms with Gasteiger partial charge in [0.2, 0.25) is 0 Å². The zero-order valence-corrected chi connectivity index (χ0v) is 12.1. The van der Waals surface area contributed by atoms with Gasteiger partial charge in [0.05, 0.1) is 8.07 Å². The van der Waals surface area contributed by atoms with Gasteiger partial charge in [0.1, 0.15) is 6.29 Å². The van der Waals surface area contributed by atoms with Crippen LogP contribution in [0.3, 0.4) is 0 Å². The summed E-state index contributed by atoms with van der Waals surface area (Å²) in [5.41, 5.74) is 1.30. The molecular formula is C14H24OSi. The lowest BCUT2D eigenvalue weighted by atomic mass is 10.1. The van der Waals surface area contributed by atoms with E-state index in [1.54, 1.807) is 0 Å². The van der Waals surface area contributed by atoms with Gasteiger partial charge in [-0.25, -0.2) is 0 Å². The molecule has 0 saturated carbocycles. The summed E-state index contributed by atoms with van der Waals surface area (Å²) in [6.45, 7) is 9.10. The first-order valence-corrected chi connectivity index (χ1v) is 9.71. The minimum absolute atomic E-state index is 0.642. The van der Waals surface area contributed by atoms with Crippen LogP contribution in [0.25, 0.3) is 0 Å². The molecule has 0 aromatic carbocycles. The van der Waals surface area contributed by atoms with E-state index in [4.69, 9.17) is 0 Å². The number of hydrogen-bond donors (Lipinski definition) is 0. The van der Waals surface area contributed by atoms with Crippen LogP contribution in [0.5, 0.6) is 0 Å². The maximum Gasteiger partial charge on any atom is 0.120 e.